The van der Waals surface area contributed by atoms with Gasteiger partial charge in [0.15, 0.2) is 0 Å². The van der Waals surface area contributed by atoms with Crippen LogP contribution in [0, 0.1) is 5.41 Å². The van der Waals surface area contributed by atoms with Gasteiger partial charge in [-0.2, -0.15) is 0 Å². The van der Waals surface area contributed by atoms with Gasteiger partial charge in [-0.15, -0.1) is 0 Å². The Morgan fingerprint density at radius 2 is 1.60 bits per heavy atom. The molecule has 0 bridgehead atoms. The Kier molecular flexibility index (Phi) is 6.09. The number of benzene rings is 2. The van der Waals surface area contributed by atoms with Crippen LogP contribution in [0.15, 0.2) is 48.5 Å². The molecule has 2 rings (SSSR count). The van der Waals surface area contributed by atoms with Crippen LogP contribution in [0.5, 0.6) is 0 Å². The van der Waals surface area contributed by atoms with Gasteiger partial charge in [0.05, 0.1) is 0 Å². The average Bonchev–Trinajstić information content (AvgIpc) is 2.55. The average molecular weight is 379 g/mol. The van der Waals surface area contributed by atoms with Gasteiger partial charge in [0.1, 0.15) is 5.41 Å². The summed E-state index contributed by atoms with van der Waals surface area (Å²) in [5.74, 6) is -0.711. The zero-order valence-electron chi connectivity index (χ0n) is 14.3. The molecule has 25 heavy (non-hydrogen) atoms. The second-order valence-electron chi connectivity index (χ2n) is 6.12. The molecule has 0 unspecified atom stereocenters. The lowest BCUT2D eigenvalue weighted by Crippen LogP contribution is -2.47. The lowest BCUT2D eigenvalue weighted by molar-refractivity contribution is -0.136. The Labute approximate surface area is 157 Å². The largest absolute Gasteiger partial charge is 0.325 e. The van der Waals surface area contributed by atoms with E-state index in [1.54, 1.807) is 36.9 Å². The fraction of sp³-hybridized carbons (Fsp3) is 0.263. The zero-order valence-corrected chi connectivity index (χ0v) is 15.9. The summed E-state index contributed by atoms with van der Waals surface area (Å²) in [6.45, 7) is 5.53. The van der Waals surface area contributed by atoms with Gasteiger partial charge >= 0.3 is 0 Å². The molecule has 0 heterocycles. The number of carbonyl (C=O) groups is 2. The molecule has 0 aliphatic rings. The van der Waals surface area contributed by atoms with Crippen LogP contribution in [-0.4, -0.2) is 18.4 Å². The monoisotopic (exact) mass is 378 g/mol. The van der Waals surface area contributed by atoms with Crippen molar-refractivity contribution < 1.29 is 9.59 Å². The molecule has 1 N–H and O–H groups in total. The standard InChI is InChI=1S/C19H20Cl2N2O2/c1-4-23(16-8-6-5-7-9-16)18(25)19(2,3)17(24)22-15-11-13(20)10-14(21)12-15/h5-12H,4H2,1-3H3,(H,22,24). The van der Waals surface area contributed by atoms with Crippen molar-refractivity contribution in [3.8, 4) is 0 Å². The van der Waals surface area contributed by atoms with E-state index in [0.717, 1.165) is 5.69 Å². The summed E-state index contributed by atoms with van der Waals surface area (Å²) < 4.78 is 0. The molecule has 0 aliphatic carbocycles. The van der Waals surface area contributed by atoms with E-state index >= 15 is 0 Å². The topological polar surface area (TPSA) is 49.4 Å². The van der Waals surface area contributed by atoms with Crippen LogP contribution >= 0.6 is 23.2 Å². The minimum atomic E-state index is -1.26. The summed E-state index contributed by atoms with van der Waals surface area (Å²) in [5, 5.41) is 3.54. The first-order chi connectivity index (χ1) is 11.8. The zero-order chi connectivity index (χ0) is 18.6. The fourth-order valence-corrected chi connectivity index (χ4v) is 2.93. The van der Waals surface area contributed by atoms with Gasteiger partial charge in [-0.1, -0.05) is 41.4 Å². The number of halogens is 2. The Morgan fingerprint density at radius 1 is 1.04 bits per heavy atom. The van der Waals surface area contributed by atoms with Crippen LogP contribution in [0.25, 0.3) is 0 Å². The van der Waals surface area contributed by atoms with Gasteiger partial charge in [0, 0.05) is 28.0 Å². The van der Waals surface area contributed by atoms with Crippen molar-refractivity contribution in [3.05, 3.63) is 58.6 Å². The van der Waals surface area contributed by atoms with E-state index in [1.165, 1.54) is 0 Å². The molecule has 0 spiro atoms. The predicted octanol–water partition coefficient (Wildman–Crippen LogP) is 5.01. The molecule has 4 nitrogen and oxygen atoms in total. The predicted molar refractivity (Wildman–Crippen MR) is 103 cm³/mol. The molecule has 6 heteroatoms. The third kappa shape index (κ3) is 4.53. The third-order valence-corrected chi connectivity index (χ3v) is 4.29. The van der Waals surface area contributed by atoms with E-state index in [2.05, 4.69) is 5.32 Å². The first-order valence-corrected chi connectivity index (χ1v) is 8.66. The van der Waals surface area contributed by atoms with Crippen molar-refractivity contribution in [2.24, 2.45) is 5.41 Å². The van der Waals surface area contributed by atoms with Crippen LogP contribution in [0.1, 0.15) is 20.8 Å². The molecular weight excluding hydrogens is 359 g/mol. The number of nitrogens with one attached hydrogen (secondary N) is 1. The van der Waals surface area contributed by atoms with Crippen LogP contribution in [-0.2, 0) is 9.59 Å². The summed E-state index contributed by atoms with van der Waals surface area (Å²) in [5.41, 5.74) is -0.0616. The lowest BCUT2D eigenvalue weighted by Gasteiger charge is -2.30. The van der Waals surface area contributed by atoms with E-state index in [0.29, 0.717) is 22.3 Å². The number of anilines is 2. The van der Waals surface area contributed by atoms with Gasteiger partial charge in [-0.05, 0) is 51.1 Å². The number of rotatable bonds is 5. The highest BCUT2D eigenvalue weighted by atomic mass is 35.5. The van der Waals surface area contributed by atoms with E-state index in [-0.39, 0.29) is 5.91 Å². The highest BCUT2D eigenvalue weighted by Crippen LogP contribution is 2.27. The Bertz CT molecular complexity index is 756. The number of hydrogen-bond acceptors (Lipinski definition) is 2. The number of nitrogens with zero attached hydrogens (tertiary/aromatic N) is 1. The van der Waals surface area contributed by atoms with Gasteiger partial charge in [-0.25, -0.2) is 0 Å². The van der Waals surface area contributed by atoms with Crippen molar-refractivity contribution in [2.45, 2.75) is 20.8 Å². The van der Waals surface area contributed by atoms with Gasteiger partial charge in [-0.3, -0.25) is 9.59 Å². The number of amides is 2. The molecule has 0 aliphatic heterocycles. The van der Waals surface area contributed by atoms with Gasteiger partial charge < -0.3 is 10.2 Å². The van der Waals surface area contributed by atoms with E-state index in [1.807, 2.05) is 37.3 Å². The van der Waals surface area contributed by atoms with Crippen molar-refractivity contribution in [3.63, 3.8) is 0 Å². The summed E-state index contributed by atoms with van der Waals surface area (Å²) in [6.07, 6.45) is 0. The third-order valence-electron chi connectivity index (χ3n) is 3.85. The van der Waals surface area contributed by atoms with Crippen LogP contribution in [0.3, 0.4) is 0 Å². The van der Waals surface area contributed by atoms with Crippen LogP contribution in [0.2, 0.25) is 10.0 Å². The number of carbonyl (C=O) groups excluding carboxylic acids is 2. The highest BCUT2D eigenvalue weighted by Gasteiger charge is 2.39. The second kappa shape index (κ2) is 7.89. The van der Waals surface area contributed by atoms with Crippen molar-refractivity contribution in [1.82, 2.24) is 0 Å². The molecule has 2 aromatic carbocycles. The lowest BCUT2D eigenvalue weighted by atomic mass is 9.89. The molecule has 132 valence electrons. The van der Waals surface area contributed by atoms with Crippen molar-refractivity contribution in [1.29, 1.82) is 0 Å². The van der Waals surface area contributed by atoms with Crippen LogP contribution < -0.4 is 10.2 Å². The van der Waals surface area contributed by atoms with Crippen LogP contribution in [0.4, 0.5) is 11.4 Å². The molecule has 0 atom stereocenters. The van der Waals surface area contributed by atoms with E-state index in [9.17, 15) is 9.59 Å². The summed E-state index contributed by atoms with van der Waals surface area (Å²) >= 11 is 11.9. The number of para-hydroxylation sites is 1. The maximum atomic E-state index is 13.0. The fourth-order valence-electron chi connectivity index (χ4n) is 2.40. The second-order valence-corrected chi connectivity index (χ2v) is 7.00. The quantitative estimate of drug-likeness (QED) is 0.743. The molecule has 2 amide bonds. The van der Waals surface area contributed by atoms with Gasteiger partial charge in [0.2, 0.25) is 11.8 Å². The summed E-state index contributed by atoms with van der Waals surface area (Å²) in [7, 11) is 0. The molecule has 0 aromatic heterocycles. The van der Waals surface area contributed by atoms with Crippen molar-refractivity contribution >= 4 is 46.4 Å². The van der Waals surface area contributed by atoms with Gasteiger partial charge in [0.25, 0.3) is 0 Å². The first kappa shape index (κ1) is 19.3. The summed E-state index contributed by atoms with van der Waals surface area (Å²) in [4.78, 5) is 27.3. The molecule has 0 saturated heterocycles. The maximum Gasteiger partial charge on any atom is 0.242 e. The van der Waals surface area contributed by atoms with E-state index in [4.69, 9.17) is 23.2 Å². The molecule has 0 fully saturated rings. The maximum absolute atomic E-state index is 13.0. The first-order valence-electron chi connectivity index (χ1n) is 7.90. The number of hydrogen-bond donors (Lipinski definition) is 1. The molecule has 0 radical (unpaired) electrons. The minimum absolute atomic E-state index is 0.285. The smallest absolute Gasteiger partial charge is 0.242 e. The van der Waals surface area contributed by atoms with Crippen molar-refractivity contribution in [2.75, 3.05) is 16.8 Å². The Hall–Kier alpha value is -2.04. The Morgan fingerprint density at radius 3 is 2.12 bits per heavy atom. The van der Waals surface area contributed by atoms with E-state index < -0.39 is 11.3 Å². The Balaban J connectivity index is 2.23. The molecule has 0 saturated carbocycles. The normalized spacial score (nSPS) is 11.1. The highest BCUT2D eigenvalue weighted by molar-refractivity contribution is 6.35. The minimum Gasteiger partial charge on any atom is -0.325 e. The molecular formula is C19H20Cl2N2O2. The summed E-state index contributed by atoms with van der Waals surface area (Å²) in [6, 6.07) is 14.0. The SMILES string of the molecule is CCN(C(=O)C(C)(C)C(=O)Nc1cc(Cl)cc(Cl)c1)c1ccccc1. The molecule has 2 aromatic rings.